The zero-order valence-electron chi connectivity index (χ0n) is 24.1. The van der Waals surface area contributed by atoms with Crippen molar-refractivity contribution in [2.75, 3.05) is 0 Å². The summed E-state index contributed by atoms with van der Waals surface area (Å²) < 4.78 is 0. The number of aryl methyl sites for hydroxylation is 1. The van der Waals surface area contributed by atoms with E-state index in [-0.39, 0.29) is 17.2 Å². The summed E-state index contributed by atoms with van der Waals surface area (Å²) in [5.41, 5.74) is 9.78. The lowest BCUT2D eigenvalue weighted by atomic mass is 9.88. The quantitative estimate of drug-likeness (QED) is 0.321. The van der Waals surface area contributed by atoms with Gasteiger partial charge in [-0.2, -0.15) is 5.10 Å². The molecule has 2 aromatic heterocycles. The Kier molecular flexibility index (Phi) is 9.15. The predicted molar refractivity (Wildman–Crippen MR) is 157 cm³/mol. The summed E-state index contributed by atoms with van der Waals surface area (Å²) in [7, 11) is 0. The van der Waals surface area contributed by atoms with Crippen molar-refractivity contribution >= 4 is 23.3 Å². The first kappa shape index (κ1) is 28.7. The van der Waals surface area contributed by atoms with Gasteiger partial charge in [0.2, 0.25) is 0 Å². The zero-order valence-corrected chi connectivity index (χ0v) is 24.1. The molecule has 0 saturated carbocycles. The first-order chi connectivity index (χ1) is 17.9. The summed E-state index contributed by atoms with van der Waals surface area (Å²) in [6.45, 7) is 19.0. The third kappa shape index (κ3) is 7.12. The number of amides is 1. The van der Waals surface area contributed by atoms with Gasteiger partial charge in [-0.15, -0.1) is 0 Å². The van der Waals surface area contributed by atoms with E-state index in [0.717, 1.165) is 50.4 Å². The van der Waals surface area contributed by atoms with Crippen LogP contribution in [0.25, 0.3) is 22.9 Å². The zero-order chi connectivity index (χ0) is 28.0. The molecule has 0 saturated heterocycles. The van der Waals surface area contributed by atoms with Crippen molar-refractivity contribution in [3.63, 3.8) is 0 Å². The van der Waals surface area contributed by atoms with Crippen LogP contribution in [-0.4, -0.2) is 31.8 Å². The minimum atomic E-state index is -0.172. The molecule has 0 fully saturated rings. The second kappa shape index (κ2) is 12.1. The van der Waals surface area contributed by atoms with E-state index < -0.39 is 0 Å². The second-order valence-electron chi connectivity index (χ2n) is 11.1. The van der Waals surface area contributed by atoms with Crippen molar-refractivity contribution in [1.29, 1.82) is 0 Å². The number of aromatic amines is 1. The van der Waals surface area contributed by atoms with Gasteiger partial charge in [-0.3, -0.25) is 14.9 Å². The molecular weight excluding hydrogens is 472 g/mol. The minimum Gasteiger partial charge on any atom is -0.347 e. The van der Waals surface area contributed by atoms with Crippen LogP contribution in [0.2, 0.25) is 0 Å². The number of hydrogen-bond donors (Lipinski definition) is 2. The molecule has 7 heteroatoms. The molecule has 0 atom stereocenters. The number of hydrogen-bond acceptors (Lipinski definition) is 5. The minimum absolute atomic E-state index is 0.0218. The number of carbonyl (C=O) groups is 1. The van der Waals surface area contributed by atoms with E-state index in [1.165, 1.54) is 0 Å². The van der Waals surface area contributed by atoms with Crippen LogP contribution in [0.1, 0.15) is 89.3 Å². The van der Waals surface area contributed by atoms with Crippen LogP contribution in [0.5, 0.6) is 0 Å². The van der Waals surface area contributed by atoms with E-state index in [9.17, 15) is 4.79 Å². The van der Waals surface area contributed by atoms with E-state index in [1.54, 1.807) is 25.6 Å². The van der Waals surface area contributed by atoms with E-state index in [2.05, 4.69) is 103 Å². The molecule has 200 valence electrons. The standard InChI is InChI=1S/C31H40N6O/c1-19(2)28-27(13-21(4)26-16-36-37-17-26)34-18-35-29(28)24-10-11-25(20(3)12-24)15-33-30(38)23(6)32-14-22(5)31(7,8)9/h10-14,16-19H,15H2,1-9H3,(H,33,38)(H,36,37)/b21-13+,22-14+,32-23?. The number of allylic oxidation sites excluding steroid dienone is 2. The highest BCUT2D eigenvalue weighted by Crippen LogP contribution is 2.32. The van der Waals surface area contributed by atoms with Gasteiger partial charge >= 0.3 is 0 Å². The van der Waals surface area contributed by atoms with E-state index in [4.69, 9.17) is 0 Å². The highest BCUT2D eigenvalue weighted by atomic mass is 16.1. The number of H-pyrrole nitrogens is 1. The summed E-state index contributed by atoms with van der Waals surface area (Å²) in [5, 5.41) is 9.91. The van der Waals surface area contributed by atoms with Crippen LogP contribution in [0.3, 0.4) is 0 Å². The molecule has 1 aromatic carbocycles. The van der Waals surface area contributed by atoms with Gasteiger partial charge in [-0.05, 0) is 73.4 Å². The Morgan fingerprint density at radius 3 is 2.50 bits per heavy atom. The maximum absolute atomic E-state index is 12.6. The molecule has 0 bridgehead atoms. The SMILES string of the molecule is CC(=N/C=C(\C)C(C)(C)C)C(=O)NCc1ccc(-c2ncnc(/C=C(\C)c3cn[nH]c3)c2C(C)C)cc1C. The van der Waals surface area contributed by atoms with Gasteiger partial charge in [-0.25, -0.2) is 9.97 Å². The topological polar surface area (TPSA) is 95.9 Å². The molecule has 0 aliphatic heterocycles. The Balaban J connectivity index is 1.82. The maximum atomic E-state index is 12.6. The third-order valence-corrected chi connectivity index (χ3v) is 6.82. The molecule has 2 heterocycles. The van der Waals surface area contributed by atoms with Crippen LogP contribution < -0.4 is 5.32 Å². The van der Waals surface area contributed by atoms with Gasteiger partial charge in [0.1, 0.15) is 12.0 Å². The van der Waals surface area contributed by atoms with E-state index >= 15 is 0 Å². The monoisotopic (exact) mass is 512 g/mol. The fourth-order valence-corrected chi connectivity index (χ4v) is 3.87. The molecule has 2 N–H and O–H groups in total. The summed E-state index contributed by atoms with van der Waals surface area (Å²) in [5.74, 6) is 0.0563. The van der Waals surface area contributed by atoms with E-state index in [1.807, 2.05) is 13.1 Å². The molecule has 0 aliphatic rings. The molecule has 7 nitrogen and oxygen atoms in total. The molecule has 0 spiro atoms. The van der Waals surface area contributed by atoms with Crippen LogP contribution in [0, 0.1) is 12.3 Å². The lowest BCUT2D eigenvalue weighted by molar-refractivity contribution is -0.115. The molecule has 3 rings (SSSR count). The molecule has 1 amide bonds. The van der Waals surface area contributed by atoms with Crippen molar-refractivity contribution in [3.8, 4) is 11.3 Å². The number of benzene rings is 1. The van der Waals surface area contributed by atoms with Gasteiger partial charge in [0.05, 0.1) is 17.6 Å². The molecular formula is C31H40N6O. The van der Waals surface area contributed by atoms with Gasteiger partial charge < -0.3 is 5.32 Å². The second-order valence-corrected chi connectivity index (χ2v) is 11.1. The number of carbonyl (C=O) groups excluding carboxylic acids is 1. The number of nitrogens with one attached hydrogen (secondary N) is 2. The fourth-order valence-electron chi connectivity index (χ4n) is 3.87. The molecule has 0 aliphatic carbocycles. The van der Waals surface area contributed by atoms with Crippen molar-refractivity contribution < 1.29 is 4.79 Å². The van der Waals surface area contributed by atoms with Crippen LogP contribution in [-0.2, 0) is 11.3 Å². The molecule has 3 aromatic rings. The van der Waals surface area contributed by atoms with Crippen molar-refractivity contribution in [3.05, 3.63) is 76.6 Å². The fraction of sp³-hybridized carbons (Fsp3) is 0.387. The number of aliphatic imine (C=N–C) groups is 1. The van der Waals surface area contributed by atoms with Gasteiger partial charge in [0, 0.05) is 35.6 Å². The van der Waals surface area contributed by atoms with E-state index in [0.29, 0.717) is 12.3 Å². The number of nitrogens with zero attached hydrogens (tertiary/aromatic N) is 4. The molecule has 0 radical (unpaired) electrons. The largest absolute Gasteiger partial charge is 0.347 e. The average Bonchev–Trinajstić information content (AvgIpc) is 3.40. The normalized spacial score (nSPS) is 13.3. The van der Waals surface area contributed by atoms with Gasteiger partial charge in [0.15, 0.2) is 0 Å². The van der Waals surface area contributed by atoms with Crippen molar-refractivity contribution in [2.45, 2.75) is 74.8 Å². The lowest BCUT2D eigenvalue weighted by Crippen LogP contribution is -2.29. The Morgan fingerprint density at radius 2 is 1.89 bits per heavy atom. The Hall–Kier alpha value is -3.87. The summed E-state index contributed by atoms with van der Waals surface area (Å²) in [6.07, 6.45) is 9.17. The lowest BCUT2D eigenvalue weighted by Gasteiger charge is -2.18. The highest BCUT2D eigenvalue weighted by Gasteiger charge is 2.17. The molecule has 38 heavy (non-hydrogen) atoms. The van der Waals surface area contributed by atoms with Crippen LogP contribution in [0.4, 0.5) is 0 Å². The first-order valence-electron chi connectivity index (χ1n) is 13.0. The van der Waals surface area contributed by atoms with Gasteiger partial charge in [0.25, 0.3) is 5.91 Å². The molecule has 0 unspecified atom stereocenters. The predicted octanol–water partition coefficient (Wildman–Crippen LogP) is 6.89. The number of rotatable bonds is 8. The maximum Gasteiger partial charge on any atom is 0.265 e. The summed E-state index contributed by atoms with van der Waals surface area (Å²) in [6, 6.07) is 6.25. The smallest absolute Gasteiger partial charge is 0.265 e. The van der Waals surface area contributed by atoms with Gasteiger partial charge in [-0.1, -0.05) is 46.8 Å². The van der Waals surface area contributed by atoms with Crippen molar-refractivity contribution in [1.82, 2.24) is 25.5 Å². The Labute approximate surface area is 226 Å². The van der Waals surface area contributed by atoms with Crippen molar-refractivity contribution in [2.24, 2.45) is 10.4 Å². The summed E-state index contributed by atoms with van der Waals surface area (Å²) >= 11 is 0. The third-order valence-electron chi connectivity index (χ3n) is 6.82. The average molecular weight is 513 g/mol. The number of aromatic nitrogens is 4. The highest BCUT2D eigenvalue weighted by molar-refractivity contribution is 6.38. The first-order valence-corrected chi connectivity index (χ1v) is 13.0. The Bertz CT molecular complexity index is 1370. The Morgan fingerprint density at radius 1 is 1.16 bits per heavy atom. The van der Waals surface area contributed by atoms with Crippen LogP contribution in [0.15, 0.2) is 53.7 Å². The summed E-state index contributed by atoms with van der Waals surface area (Å²) in [4.78, 5) is 26.2. The van der Waals surface area contributed by atoms with Crippen LogP contribution >= 0.6 is 0 Å².